The van der Waals surface area contributed by atoms with Crippen LogP contribution in [0.25, 0.3) is 6.08 Å². The number of thiazole rings is 1. The first-order chi connectivity index (χ1) is 15.3. The number of hydrogen-bond acceptors (Lipinski definition) is 6. The Bertz CT molecular complexity index is 1380. The lowest BCUT2D eigenvalue weighted by atomic mass is 9.93. The number of allylic oxidation sites excluding steroid dienone is 1. The molecule has 0 radical (unpaired) electrons. The molecule has 3 aromatic rings. The Hall–Kier alpha value is -2.29. The van der Waals surface area contributed by atoms with Gasteiger partial charge in [0, 0.05) is 4.88 Å². The van der Waals surface area contributed by atoms with Crippen molar-refractivity contribution in [2.75, 3.05) is 6.61 Å². The highest BCUT2D eigenvalue weighted by atomic mass is 79.9. The lowest BCUT2D eigenvalue weighted by Crippen LogP contribution is -2.39. The fourth-order valence-electron chi connectivity index (χ4n) is 3.71. The second-order valence-electron chi connectivity index (χ2n) is 7.77. The molecular weight excluding hydrogens is 508 g/mol. The molecule has 0 bridgehead atoms. The SMILES string of the molecule is CCOC(=O)C1=C(C)N=c2s/c(=C/c3ccc(Br)s3)c(=O)n2C1c1ccc(C(C)C)cc1. The number of carbonyl (C=O) groups is 1. The molecule has 0 amide bonds. The van der Waals surface area contributed by atoms with Gasteiger partial charge in [0.2, 0.25) is 0 Å². The van der Waals surface area contributed by atoms with Gasteiger partial charge in [-0.15, -0.1) is 11.3 Å². The van der Waals surface area contributed by atoms with Crippen LogP contribution in [-0.2, 0) is 9.53 Å². The van der Waals surface area contributed by atoms with Crippen LogP contribution in [0, 0.1) is 0 Å². The minimum Gasteiger partial charge on any atom is -0.463 e. The predicted molar refractivity (Wildman–Crippen MR) is 133 cm³/mol. The monoisotopic (exact) mass is 530 g/mol. The molecule has 0 spiro atoms. The van der Waals surface area contributed by atoms with Crippen molar-refractivity contribution in [2.45, 2.75) is 39.7 Å². The van der Waals surface area contributed by atoms with Crippen LogP contribution in [0.2, 0.25) is 0 Å². The number of halogens is 1. The molecule has 3 heterocycles. The van der Waals surface area contributed by atoms with E-state index in [4.69, 9.17) is 4.74 Å². The molecule has 0 fully saturated rings. The summed E-state index contributed by atoms with van der Waals surface area (Å²) in [6.45, 7) is 8.10. The highest BCUT2D eigenvalue weighted by Crippen LogP contribution is 2.31. The van der Waals surface area contributed by atoms with Crippen LogP contribution in [0.1, 0.15) is 55.7 Å². The number of fused-ring (bicyclic) bond motifs is 1. The maximum absolute atomic E-state index is 13.5. The van der Waals surface area contributed by atoms with Crippen molar-refractivity contribution in [3.05, 3.63) is 87.1 Å². The predicted octanol–water partition coefficient (Wildman–Crippen LogP) is 4.75. The second kappa shape index (κ2) is 9.29. The van der Waals surface area contributed by atoms with Gasteiger partial charge in [-0.1, -0.05) is 49.4 Å². The molecule has 0 aliphatic carbocycles. The van der Waals surface area contributed by atoms with Crippen molar-refractivity contribution in [1.82, 2.24) is 4.57 Å². The van der Waals surface area contributed by atoms with Crippen LogP contribution in [-0.4, -0.2) is 17.1 Å². The van der Waals surface area contributed by atoms with Crippen molar-refractivity contribution >= 4 is 50.6 Å². The smallest absolute Gasteiger partial charge is 0.338 e. The third-order valence-electron chi connectivity index (χ3n) is 5.30. The van der Waals surface area contributed by atoms with Gasteiger partial charge in [-0.05, 0) is 65.0 Å². The van der Waals surface area contributed by atoms with Crippen LogP contribution in [0.5, 0.6) is 0 Å². The van der Waals surface area contributed by atoms with E-state index in [1.54, 1.807) is 29.8 Å². The summed E-state index contributed by atoms with van der Waals surface area (Å²) in [5.41, 5.74) is 2.88. The molecule has 32 heavy (non-hydrogen) atoms. The summed E-state index contributed by atoms with van der Waals surface area (Å²) in [6, 6.07) is 11.4. The van der Waals surface area contributed by atoms with Crippen LogP contribution in [0.4, 0.5) is 0 Å². The molecule has 0 N–H and O–H groups in total. The summed E-state index contributed by atoms with van der Waals surface area (Å²) >= 11 is 6.36. The normalized spacial score (nSPS) is 16.3. The molecule has 1 aliphatic heterocycles. The van der Waals surface area contributed by atoms with Gasteiger partial charge in [-0.2, -0.15) is 0 Å². The Labute approximate surface area is 202 Å². The summed E-state index contributed by atoms with van der Waals surface area (Å²) in [7, 11) is 0. The van der Waals surface area contributed by atoms with Crippen molar-refractivity contribution < 1.29 is 9.53 Å². The van der Waals surface area contributed by atoms with Gasteiger partial charge in [0.05, 0.1) is 32.2 Å². The number of rotatable bonds is 5. The Balaban J connectivity index is 1.93. The van der Waals surface area contributed by atoms with E-state index in [1.807, 2.05) is 30.3 Å². The molecular formula is C24H23BrN2O3S2. The Kier molecular flexibility index (Phi) is 6.65. The number of nitrogens with zero attached hydrogens (tertiary/aromatic N) is 2. The zero-order valence-electron chi connectivity index (χ0n) is 18.2. The number of esters is 1. The molecule has 0 saturated carbocycles. The molecule has 1 unspecified atom stereocenters. The average Bonchev–Trinajstić information content (AvgIpc) is 3.30. The summed E-state index contributed by atoms with van der Waals surface area (Å²) < 4.78 is 8.56. The van der Waals surface area contributed by atoms with E-state index >= 15 is 0 Å². The first-order valence-corrected chi connectivity index (χ1v) is 12.8. The van der Waals surface area contributed by atoms with E-state index in [1.165, 1.54) is 16.9 Å². The number of aromatic nitrogens is 1. The van der Waals surface area contributed by atoms with Gasteiger partial charge in [-0.25, -0.2) is 9.79 Å². The fraction of sp³-hybridized carbons (Fsp3) is 0.292. The Morgan fingerprint density at radius 3 is 2.53 bits per heavy atom. The van der Waals surface area contributed by atoms with Crippen LogP contribution in [0.3, 0.4) is 0 Å². The highest BCUT2D eigenvalue weighted by molar-refractivity contribution is 9.11. The fourth-order valence-corrected chi connectivity index (χ4v) is 6.18. The van der Waals surface area contributed by atoms with E-state index in [-0.39, 0.29) is 12.2 Å². The third-order valence-corrected chi connectivity index (χ3v) is 7.86. The molecule has 5 nitrogen and oxygen atoms in total. The van der Waals surface area contributed by atoms with Crippen molar-refractivity contribution in [1.29, 1.82) is 0 Å². The van der Waals surface area contributed by atoms with Gasteiger partial charge in [0.1, 0.15) is 0 Å². The van der Waals surface area contributed by atoms with Crippen molar-refractivity contribution in [2.24, 2.45) is 4.99 Å². The van der Waals surface area contributed by atoms with E-state index in [0.29, 0.717) is 26.5 Å². The summed E-state index contributed by atoms with van der Waals surface area (Å²) in [6.07, 6.45) is 1.88. The zero-order valence-corrected chi connectivity index (χ0v) is 21.4. The molecule has 0 saturated heterocycles. The highest BCUT2D eigenvalue weighted by Gasteiger charge is 2.33. The van der Waals surface area contributed by atoms with Gasteiger partial charge in [-0.3, -0.25) is 9.36 Å². The maximum atomic E-state index is 13.5. The first-order valence-electron chi connectivity index (χ1n) is 10.3. The van der Waals surface area contributed by atoms with Gasteiger partial charge >= 0.3 is 5.97 Å². The number of benzene rings is 1. The zero-order chi connectivity index (χ0) is 23.0. The van der Waals surface area contributed by atoms with Gasteiger partial charge in [0.25, 0.3) is 5.56 Å². The van der Waals surface area contributed by atoms with E-state index in [2.05, 4.69) is 46.9 Å². The molecule has 4 rings (SSSR count). The molecule has 166 valence electrons. The minimum atomic E-state index is -0.580. The molecule has 1 atom stereocenters. The quantitative estimate of drug-likeness (QED) is 0.447. The van der Waals surface area contributed by atoms with Gasteiger partial charge < -0.3 is 4.74 Å². The average molecular weight is 531 g/mol. The molecule has 2 aromatic heterocycles. The largest absolute Gasteiger partial charge is 0.463 e. The molecule has 8 heteroatoms. The number of thiophene rings is 1. The summed E-state index contributed by atoms with van der Waals surface area (Å²) in [5.74, 6) is -0.0545. The van der Waals surface area contributed by atoms with Crippen LogP contribution >= 0.6 is 38.6 Å². The van der Waals surface area contributed by atoms with E-state index < -0.39 is 12.0 Å². The third kappa shape index (κ3) is 4.31. The first kappa shape index (κ1) is 22.9. The van der Waals surface area contributed by atoms with Crippen molar-refractivity contribution in [3.63, 3.8) is 0 Å². The Morgan fingerprint density at radius 2 is 1.94 bits per heavy atom. The lowest BCUT2D eigenvalue weighted by molar-refractivity contribution is -0.139. The molecule has 1 aliphatic rings. The second-order valence-corrected chi connectivity index (χ2v) is 11.3. The minimum absolute atomic E-state index is 0.162. The van der Waals surface area contributed by atoms with Gasteiger partial charge in [0.15, 0.2) is 4.80 Å². The van der Waals surface area contributed by atoms with Crippen LogP contribution in [0.15, 0.2) is 61.2 Å². The standard InChI is InChI=1S/C24H23BrN2O3S2/c1-5-30-23(29)20-14(4)26-24-27(21(20)16-8-6-15(7-9-16)13(2)3)22(28)18(32-24)12-17-10-11-19(25)31-17/h6-13,21H,5H2,1-4H3/b18-12+. The maximum Gasteiger partial charge on any atom is 0.338 e. The van der Waals surface area contributed by atoms with E-state index in [9.17, 15) is 9.59 Å². The number of ether oxygens (including phenoxy) is 1. The summed E-state index contributed by atoms with van der Waals surface area (Å²) in [4.78, 5) is 32.6. The molecule has 1 aromatic carbocycles. The lowest BCUT2D eigenvalue weighted by Gasteiger charge is -2.25. The van der Waals surface area contributed by atoms with Crippen molar-refractivity contribution in [3.8, 4) is 0 Å². The topological polar surface area (TPSA) is 60.7 Å². The van der Waals surface area contributed by atoms with E-state index in [0.717, 1.165) is 14.2 Å². The Morgan fingerprint density at radius 1 is 1.22 bits per heavy atom. The summed E-state index contributed by atoms with van der Waals surface area (Å²) in [5, 5.41) is 0. The number of hydrogen-bond donors (Lipinski definition) is 0. The van der Waals surface area contributed by atoms with Crippen LogP contribution < -0.4 is 14.9 Å². The number of carbonyl (C=O) groups excluding carboxylic acids is 1.